The number of aryl methyl sites for hydroxylation is 1. The zero-order valence-corrected chi connectivity index (χ0v) is 15.2. The second-order valence-electron chi connectivity index (χ2n) is 5.42. The highest BCUT2D eigenvalue weighted by Gasteiger charge is 2.19. The van der Waals surface area contributed by atoms with Gasteiger partial charge >= 0.3 is 0 Å². The number of thiophene rings is 1. The van der Waals surface area contributed by atoms with Gasteiger partial charge in [-0.05, 0) is 26.0 Å². The first-order valence-corrected chi connectivity index (χ1v) is 9.53. The number of H-pyrrole nitrogens is 1. The molecule has 4 aromatic heterocycles. The van der Waals surface area contributed by atoms with E-state index in [0.717, 1.165) is 17.3 Å². The van der Waals surface area contributed by atoms with Crippen LogP contribution in [0.4, 0.5) is 0 Å². The maximum Gasteiger partial charge on any atom is 0.260 e. The number of furan rings is 1. The number of nitrogens with zero attached hydrogens (tertiary/aromatic N) is 4. The minimum absolute atomic E-state index is 0.0548. The Kier molecular flexibility index (Phi) is 4.18. The van der Waals surface area contributed by atoms with Crippen LogP contribution in [0.2, 0.25) is 0 Å². The monoisotopic (exact) mass is 373 g/mol. The van der Waals surface area contributed by atoms with E-state index in [2.05, 4.69) is 20.2 Å². The first-order chi connectivity index (χ1) is 12.2. The van der Waals surface area contributed by atoms with E-state index in [9.17, 15) is 4.79 Å². The molecule has 0 fully saturated rings. The van der Waals surface area contributed by atoms with Crippen LogP contribution < -0.4 is 5.56 Å². The lowest BCUT2D eigenvalue weighted by molar-refractivity contribution is 0.583. The van der Waals surface area contributed by atoms with Crippen molar-refractivity contribution in [3.05, 3.63) is 46.3 Å². The average molecular weight is 373 g/mol. The van der Waals surface area contributed by atoms with Gasteiger partial charge in [-0.1, -0.05) is 11.8 Å². The number of fused-ring (bicyclic) bond motifs is 1. The quantitative estimate of drug-likeness (QED) is 0.536. The lowest BCUT2D eigenvalue weighted by Gasteiger charge is -2.10. The third kappa shape index (κ3) is 2.89. The number of aromatic amines is 1. The van der Waals surface area contributed by atoms with E-state index in [0.29, 0.717) is 21.8 Å². The largest absolute Gasteiger partial charge is 0.464 e. The first kappa shape index (κ1) is 16.1. The molecule has 4 rings (SSSR count). The summed E-state index contributed by atoms with van der Waals surface area (Å²) in [5, 5.41) is 11.3. The molecule has 0 saturated carbocycles. The minimum Gasteiger partial charge on any atom is -0.464 e. The van der Waals surface area contributed by atoms with Crippen LogP contribution >= 0.6 is 23.1 Å². The van der Waals surface area contributed by atoms with Gasteiger partial charge in [0.05, 0.1) is 16.9 Å². The van der Waals surface area contributed by atoms with Gasteiger partial charge in [-0.15, -0.1) is 21.5 Å². The molecule has 0 aliphatic carbocycles. The summed E-state index contributed by atoms with van der Waals surface area (Å²) in [5.41, 5.74) is 0.619. The Morgan fingerprint density at radius 2 is 2.36 bits per heavy atom. The highest BCUT2D eigenvalue weighted by Crippen LogP contribution is 2.34. The van der Waals surface area contributed by atoms with Crippen molar-refractivity contribution in [2.24, 2.45) is 0 Å². The van der Waals surface area contributed by atoms with Crippen molar-refractivity contribution >= 4 is 33.3 Å². The molecule has 9 heteroatoms. The van der Waals surface area contributed by atoms with Crippen LogP contribution in [-0.2, 0) is 6.54 Å². The summed E-state index contributed by atoms with van der Waals surface area (Å²) >= 11 is 2.96. The van der Waals surface area contributed by atoms with E-state index in [1.807, 2.05) is 29.9 Å². The highest BCUT2D eigenvalue weighted by molar-refractivity contribution is 7.99. The summed E-state index contributed by atoms with van der Waals surface area (Å²) in [6.45, 7) is 4.82. The maximum absolute atomic E-state index is 12.6. The van der Waals surface area contributed by atoms with Crippen LogP contribution in [0.25, 0.3) is 21.5 Å². The summed E-state index contributed by atoms with van der Waals surface area (Å²) in [7, 11) is 0. The molecule has 4 aromatic rings. The number of rotatable bonds is 5. The molecule has 128 valence electrons. The average Bonchev–Trinajstić information content (AvgIpc) is 3.34. The maximum atomic E-state index is 12.6. The Balaban J connectivity index is 1.71. The summed E-state index contributed by atoms with van der Waals surface area (Å²) in [5.74, 6) is 1.30. The van der Waals surface area contributed by atoms with E-state index in [4.69, 9.17) is 4.42 Å². The zero-order chi connectivity index (χ0) is 17.4. The van der Waals surface area contributed by atoms with E-state index in [1.165, 1.54) is 23.1 Å². The van der Waals surface area contributed by atoms with Gasteiger partial charge in [0.1, 0.15) is 22.7 Å². The van der Waals surface area contributed by atoms with Crippen molar-refractivity contribution in [1.82, 2.24) is 24.7 Å². The van der Waals surface area contributed by atoms with Crippen LogP contribution in [0.15, 0.2) is 44.5 Å². The fraction of sp³-hybridized carbons (Fsp3) is 0.250. The van der Waals surface area contributed by atoms with E-state index in [1.54, 1.807) is 18.7 Å². The number of hydrogen-bond acceptors (Lipinski definition) is 7. The van der Waals surface area contributed by atoms with Gasteiger partial charge in [-0.25, -0.2) is 4.98 Å². The number of aromatic nitrogens is 5. The molecule has 0 aliphatic heterocycles. The number of nitrogens with one attached hydrogen (secondary N) is 1. The Morgan fingerprint density at radius 3 is 3.12 bits per heavy atom. The smallest absolute Gasteiger partial charge is 0.260 e. The summed E-state index contributed by atoms with van der Waals surface area (Å²) in [6.07, 6.45) is 3.29. The molecule has 0 unspecified atom stereocenters. The van der Waals surface area contributed by atoms with E-state index >= 15 is 0 Å². The lowest BCUT2D eigenvalue weighted by Crippen LogP contribution is -2.12. The van der Waals surface area contributed by atoms with Gasteiger partial charge in [0.15, 0.2) is 5.16 Å². The number of thioether (sulfide) groups is 1. The molecular weight excluding hydrogens is 358 g/mol. The van der Waals surface area contributed by atoms with Crippen molar-refractivity contribution in [2.45, 2.75) is 30.8 Å². The zero-order valence-electron chi connectivity index (χ0n) is 13.6. The van der Waals surface area contributed by atoms with Crippen molar-refractivity contribution in [1.29, 1.82) is 0 Å². The standard InChI is InChI=1S/C16H15N5O2S2/c1-3-21-8-17-20-16(21)25-9(2)13-18-14(22)12-10(7-24-15(12)19-13)11-5-4-6-23-11/h4-9H,3H2,1-2H3,(H,18,19,22)/t9-/m1/s1. The molecule has 1 atom stereocenters. The molecular formula is C16H15N5O2S2. The van der Waals surface area contributed by atoms with Gasteiger partial charge in [-0.3, -0.25) is 4.79 Å². The van der Waals surface area contributed by atoms with Gasteiger partial charge < -0.3 is 14.0 Å². The van der Waals surface area contributed by atoms with Crippen molar-refractivity contribution in [3.63, 3.8) is 0 Å². The van der Waals surface area contributed by atoms with Gasteiger partial charge in [0, 0.05) is 17.5 Å². The molecule has 25 heavy (non-hydrogen) atoms. The van der Waals surface area contributed by atoms with Crippen molar-refractivity contribution < 1.29 is 4.42 Å². The minimum atomic E-state index is -0.156. The van der Waals surface area contributed by atoms with Crippen LogP contribution in [-0.4, -0.2) is 24.7 Å². The van der Waals surface area contributed by atoms with Crippen molar-refractivity contribution in [2.75, 3.05) is 0 Å². The molecule has 0 aliphatic rings. The molecule has 4 heterocycles. The van der Waals surface area contributed by atoms with Crippen LogP contribution in [0.3, 0.4) is 0 Å². The SMILES string of the molecule is CCn1cnnc1S[C@H](C)c1nc2scc(-c3ccco3)c2c(=O)[nH]1. The van der Waals surface area contributed by atoms with E-state index in [-0.39, 0.29) is 10.8 Å². The summed E-state index contributed by atoms with van der Waals surface area (Å²) in [4.78, 5) is 20.9. The third-order valence-electron chi connectivity index (χ3n) is 3.84. The predicted octanol–water partition coefficient (Wildman–Crippen LogP) is 3.71. The molecule has 0 spiro atoms. The Labute approximate surface area is 151 Å². The molecule has 1 N–H and O–H groups in total. The second-order valence-corrected chi connectivity index (χ2v) is 7.58. The van der Waals surface area contributed by atoms with E-state index < -0.39 is 0 Å². The molecule has 0 bridgehead atoms. The fourth-order valence-corrected chi connectivity index (χ4v) is 4.42. The van der Waals surface area contributed by atoms with Gasteiger partial charge in [0.25, 0.3) is 5.56 Å². The van der Waals surface area contributed by atoms with Crippen LogP contribution in [0, 0.1) is 0 Å². The molecule has 0 radical (unpaired) electrons. The Morgan fingerprint density at radius 1 is 1.48 bits per heavy atom. The Hall–Kier alpha value is -2.39. The van der Waals surface area contributed by atoms with Gasteiger partial charge in [0.2, 0.25) is 0 Å². The fourth-order valence-electron chi connectivity index (χ4n) is 2.54. The lowest BCUT2D eigenvalue weighted by atomic mass is 10.2. The van der Waals surface area contributed by atoms with Crippen LogP contribution in [0.1, 0.15) is 24.9 Å². The van der Waals surface area contributed by atoms with Crippen molar-refractivity contribution in [3.8, 4) is 11.3 Å². The molecule has 7 nitrogen and oxygen atoms in total. The topological polar surface area (TPSA) is 89.6 Å². The summed E-state index contributed by atoms with van der Waals surface area (Å²) < 4.78 is 7.37. The highest BCUT2D eigenvalue weighted by atomic mass is 32.2. The summed E-state index contributed by atoms with van der Waals surface area (Å²) in [6, 6.07) is 3.64. The first-order valence-electron chi connectivity index (χ1n) is 7.77. The second kappa shape index (κ2) is 6.49. The number of hydrogen-bond donors (Lipinski definition) is 1. The third-order valence-corrected chi connectivity index (χ3v) is 5.81. The molecule has 0 amide bonds. The van der Waals surface area contributed by atoms with Gasteiger partial charge in [-0.2, -0.15) is 0 Å². The van der Waals surface area contributed by atoms with Crippen LogP contribution in [0.5, 0.6) is 0 Å². The molecule has 0 saturated heterocycles. The normalized spacial score (nSPS) is 12.7. The molecule has 0 aromatic carbocycles. The predicted molar refractivity (Wildman–Crippen MR) is 97.9 cm³/mol. The Bertz CT molecular complexity index is 1060.